The Hall–Kier alpha value is -0.0400. The van der Waals surface area contributed by atoms with Gasteiger partial charge in [-0.15, -0.1) is 0 Å². The van der Waals surface area contributed by atoms with Gasteiger partial charge in [0, 0.05) is 0 Å². The molecular weight excluding hydrogens is 172 g/mol. The van der Waals surface area contributed by atoms with E-state index in [0.29, 0.717) is 5.92 Å². The second kappa shape index (κ2) is 3.52. The van der Waals surface area contributed by atoms with Crippen molar-refractivity contribution in [2.45, 2.75) is 57.5 Å². The summed E-state index contributed by atoms with van der Waals surface area (Å²) in [6, 6.07) is 0. The Balaban J connectivity index is 1.52. The summed E-state index contributed by atoms with van der Waals surface area (Å²) < 4.78 is 0. The predicted molar refractivity (Wildman–Crippen MR) is 56.9 cm³/mol. The van der Waals surface area contributed by atoms with E-state index in [4.69, 9.17) is 0 Å². The minimum Gasteiger partial charge on any atom is -0.393 e. The van der Waals surface area contributed by atoms with Gasteiger partial charge in [-0.25, -0.2) is 0 Å². The Morgan fingerprint density at radius 3 is 2.43 bits per heavy atom. The normalized spacial score (nSPS) is 43.9. The number of fused-ring (bicyclic) bond motifs is 2. The lowest BCUT2D eigenvalue weighted by molar-refractivity contribution is 0.0345. The van der Waals surface area contributed by atoms with Gasteiger partial charge in [-0.2, -0.15) is 0 Å². The first-order valence-corrected chi connectivity index (χ1v) is 6.51. The quantitative estimate of drug-likeness (QED) is 0.732. The first-order chi connectivity index (χ1) is 6.83. The zero-order valence-corrected chi connectivity index (χ0v) is 8.99. The fourth-order valence-electron chi connectivity index (χ4n) is 3.99. The van der Waals surface area contributed by atoms with Crippen LogP contribution in [-0.2, 0) is 0 Å². The summed E-state index contributed by atoms with van der Waals surface area (Å²) in [7, 11) is 0. The van der Waals surface area contributed by atoms with Gasteiger partial charge in [-0.1, -0.05) is 12.8 Å². The highest BCUT2D eigenvalue weighted by atomic mass is 16.3. The highest BCUT2D eigenvalue weighted by Gasteiger charge is 2.41. The van der Waals surface area contributed by atoms with Gasteiger partial charge in [0.15, 0.2) is 0 Å². The summed E-state index contributed by atoms with van der Waals surface area (Å²) in [4.78, 5) is 0. The summed E-state index contributed by atoms with van der Waals surface area (Å²) >= 11 is 0. The van der Waals surface area contributed by atoms with Crippen molar-refractivity contribution in [1.29, 1.82) is 0 Å². The molecule has 0 saturated heterocycles. The third-order valence-corrected chi connectivity index (χ3v) is 5.12. The smallest absolute Gasteiger partial charge is 0.0571 e. The molecule has 1 heteroatoms. The predicted octanol–water partition coefficient (Wildman–Crippen LogP) is 2.97. The molecule has 2 bridgehead atoms. The van der Waals surface area contributed by atoms with Gasteiger partial charge in [-0.05, 0) is 62.2 Å². The van der Waals surface area contributed by atoms with Crippen LogP contribution in [0.2, 0.25) is 0 Å². The summed E-state index contributed by atoms with van der Waals surface area (Å²) in [6.07, 6.45) is 11.0. The molecule has 1 nitrogen and oxygen atoms in total. The van der Waals surface area contributed by atoms with Crippen LogP contribution in [0, 0.1) is 23.7 Å². The fraction of sp³-hybridized carbons (Fsp3) is 1.00. The van der Waals surface area contributed by atoms with Gasteiger partial charge >= 0.3 is 0 Å². The van der Waals surface area contributed by atoms with Crippen LogP contribution in [0.3, 0.4) is 0 Å². The molecule has 0 spiro atoms. The largest absolute Gasteiger partial charge is 0.393 e. The third kappa shape index (κ3) is 1.50. The Morgan fingerprint density at radius 2 is 1.93 bits per heavy atom. The van der Waals surface area contributed by atoms with Gasteiger partial charge in [0.2, 0.25) is 0 Å². The molecule has 3 aliphatic rings. The lowest BCUT2D eigenvalue weighted by Gasteiger charge is -2.33. The standard InChI is InChI=1S/C13H22O/c14-13(10-2-1-3-10)8-12-7-9-4-5-11(12)6-9/h9-14H,1-8H2. The number of hydrogen-bond donors (Lipinski definition) is 1. The lowest BCUT2D eigenvalue weighted by Crippen LogP contribution is -2.30. The molecule has 3 fully saturated rings. The molecular formula is C13H22O. The van der Waals surface area contributed by atoms with Crippen molar-refractivity contribution < 1.29 is 5.11 Å². The summed E-state index contributed by atoms with van der Waals surface area (Å²) in [5.41, 5.74) is 0. The van der Waals surface area contributed by atoms with Gasteiger partial charge in [0.1, 0.15) is 0 Å². The topological polar surface area (TPSA) is 20.2 Å². The molecule has 0 aliphatic heterocycles. The van der Waals surface area contributed by atoms with E-state index >= 15 is 0 Å². The van der Waals surface area contributed by atoms with E-state index in [9.17, 15) is 5.11 Å². The molecule has 14 heavy (non-hydrogen) atoms. The van der Waals surface area contributed by atoms with Crippen LogP contribution in [0.5, 0.6) is 0 Å². The molecule has 0 aromatic carbocycles. The SMILES string of the molecule is OC(CC1CC2CCC1C2)C1CCC1. The van der Waals surface area contributed by atoms with Crippen LogP contribution in [0.25, 0.3) is 0 Å². The van der Waals surface area contributed by atoms with Crippen molar-refractivity contribution in [2.24, 2.45) is 23.7 Å². The number of aliphatic hydroxyl groups excluding tert-OH is 1. The van der Waals surface area contributed by atoms with Crippen LogP contribution in [-0.4, -0.2) is 11.2 Å². The molecule has 3 rings (SSSR count). The first kappa shape index (κ1) is 9.21. The maximum absolute atomic E-state index is 10.1. The second-order valence-electron chi connectivity index (χ2n) is 5.93. The summed E-state index contributed by atoms with van der Waals surface area (Å²) in [6.45, 7) is 0. The van der Waals surface area contributed by atoms with Crippen molar-refractivity contribution >= 4 is 0 Å². The van der Waals surface area contributed by atoms with Crippen molar-refractivity contribution in [1.82, 2.24) is 0 Å². The van der Waals surface area contributed by atoms with Gasteiger partial charge in [-0.3, -0.25) is 0 Å². The van der Waals surface area contributed by atoms with Crippen LogP contribution in [0.4, 0.5) is 0 Å². The van der Waals surface area contributed by atoms with Crippen molar-refractivity contribution in [2.75, 3.05) is 0 Å². The van der Waals surface area contributed by atoms with E-state index in [2.05, 4.69) is 0 Å². The van der Waals surface area contributed by atoms with E-state index in [0.717, 1.165) is 24.2 Å². The molecule has 0 aromatic rings. The summed E-state index contributed by atoms with van der Waals surface area (Å²) in [5.74, 6) is 3.60. The van der Waals surface area contributed by atoms with E-state index in [-0.39, 0.29) is 6.10 Å². The minimum absolute atomic E-state index is 0.0492. The molecule has 4 atom stereocenters. The average Bonchev–Trinajstić information content (AvgIpc) is 2.60. The maximum Gasteiger partial charge on any atom is 0.0571 e. The van der Waals surface area contributed by atoms with E-state index in [1.807, 2.05) is 0 Å². The molecule has 3 aliphatic carbocycles. The summed E-state index contributed by atoms with van der Waals surface area (Å²) in [5, 5.41) is 10.1. The van der Waals surface area contributed by atoms with Crippen molar-refractivity contribution in [3.05, 3.63) is 0 Å². The van der Waals surface area contributed by atoms with Crippen molar-refractivity contribution in [3.63, 3.8) is 0 Å². The van der Waals surface area contributed by atoms with Crippen molar-refractivity contribution in [3.8, 4) is 0 Å². The molecule has 3 saturated carbocycles. The van der Waals surface area contributed by atoms with E-state index < -0.39 is 0 Å². The molecule has 0 amide bonds. The molecule has 0 radical (unpaired) electrons. The highest BCUT2D eigenvalue weighted by molar-refractivity contribution is 4.92. The number of hydrogen-bond acceptors (Lipinski definition) is 1. The van der Waals surface area contributed by atoms with E-state index in [1.165, 1.54) is 44.9 Å². The first-order valence-electron chi connectivity index (χ1n) is 6.51. The fourth-order valence-corrected chi connectivity index (χ4v) is 3.99. The van der Waals surface area contributed by atoms with Crippen LogP contribution in [0.1, 0.15) is 51.4 Å². The van der Waals surface area contributed by atoms with E-state index in [1.54, 1.807) is 0 Å². The molecule has 80 valence electrons. The highest BCUT2D eigenvalue weighted by Crippen LogP contribution is 2.50. The molecule has 1 N–H and O–H groups in total. The van der Waals surface area contributed by atoms with Gasteiger partial charge in [0.05, 0.1) is 6.10 Å². The van der Waals surface area contributed by atoms with Gasteiger partial charge in [0.25, 0.3) is 0 Å². The minimum atomic E-state index is 0.0492. The molecule has 0 aromatic heterocycles. The van der Waals surface area contributed by atoms with Crippen LogP contribution in [0.15, 0.2) is 0 Å². The number of aliphatic hydroxyl groups is 1. The monoisotopic (exact) mass is 194 g/mol. The Kier molecular flexibility index (Phi) is 2.31. The Morgan fingerprint density at radius 1 is 1.07 bits per heavy atom. The Bertz CT molecular complexity index is 209. The average molecular weight is 194 g/mol. The maximum atomic E-state index is 10.1. The zero-order chi connectivity index (χ0) is 9.54. The third-order valence-electron chi connectivity index (χ3n) is 5.12. The second-order valence-corrected chi connectivity index (χ2v) is 5.93. The van der Waals surface area contributed by atoms with Gasteiger partial charge < -0.3 is 5.11 Å². The lowest BCUT2D eigenvalue weighted by atomic mass is 9.75. The number of rotatable bonds is 3. The van der Waals surface area contributed by atoms with Crippen LogP contribution >= 0.6 is 0 Å². The van der Waals surface area contributed by atoms with Crippen LogP contribution < -0.4 is 0 Å². The molecule has 4 unspecified atom stereocenters. The Labute approximate surface area is 86.9 Å². The molecule has 0 heterocycles. The zero-order valence-electron chi connectivity index (χ0n) is 8.99.